The van der Waals surface area contributed by atoms with Crippen LogP contribution in [0.3, 0.4) is 0 Å². The number of aryl methyl sites for hydroxylation is 2. The summed E-state index contributed by atoms with van der Waals surface area (Å²) in [6.07, 6.45) is 3.57. The molecule has 0 bridgehead atoms. The summed E-state index contributed by atoms with van der Waals surface area (Å²) < 4.78 is 5.32. The van der Waals surface area contributed by atoms with Crippen molar-refractivity contribution in [1.29, 1.82) is 0 Å². The van der Waals surface area contributed by atoms with Crippen LogP contribution >= 0.6 is 0 Å². The highest BCUT2D eigenvalue weighted by molar-refractivity contribution is 6.04. The Labute approximate surface area is 148 Å². The molecular weight excluding hydrogens is 316 g/mol. The maximum atomic E-state index is 12.7. The van der Waals surface area contributed by atoms with Crippen molar-refractivity contribution in [2.24, 2.45) is 0 Å². The Kier molecular flexibility index (Phi) is 5.16. The highest BCUT2D eigenvalue weighted by Gasteiger charge is 2.17. The highest BCUT2D eigenvalue weighted by atomic mass is 16.5. The zero-order chi connectivity index (χ0) is 17.8. The Morgan fingerprint density at radius 3 is 2.60 bits per heavy atom. The van der Waals surface area contributed by atoms with E-state index in [2.05, 4.69) is 20.2 Å². The van der Waals surface area contributed by atoms with Crippen molar-refractivity contribution < 1.29 is 9.53 Å². The van der Waals surface area contributed by atoms with Crippen LogP contribution in [-0.4, -0.2) is 36.1 Å². The molecule has 6 nitrogen and oxygen atoms in total. The second kappa shape index (κ2) is 7.51. The van der Waals surface area contributed by atoms with Crippen LogP contribution in [0, 0.1) is 13.8 Å². The first-order valence-corrected chi connectivity index (χ1v) is 8.63. The first kappa shape index (κ1) is 17.2. The molecule has 1 aromatic heterocycles. The molecule has 132 valence electrons. The number of hydrogen-bond donors (Lipinski definition) is 1. The normalized spacial score (nSPS) is 14.3. The predicted molar refractivity (Wildman–Crippen MR) is 98.5 cm³/mol. The van der Waals surface area contributed by atoms with Crippen molar-refractivity contribution in [3.63, 3.8) is 0 Å². The molecule has 0 unspecified atom stereocenters. The van der Waals surface area contributed by atoms with Gasteiger partial charge < -0.3 is 15.0 Å². The minimum Gasteiger partial charge on any atom is -0.495 e. The van der Waals surface area contributed by atoms with E-state index in [0.29, 0.717) is 23.0 Å². The molecule has 2 heterocycles. The van der Waals surface area contributed by atoms with Gasteiger partial charge in [0.2, 0.25) is 0 Å². The quantitative estimate of drug-likeness (QED) is 0.924. The minimum absolute atomic E-state index is 0.257. The fraction of sp³-hybridized carbons (Fsp3) is 0.421. The van der Waals surface area contributed by atoms with Gasteiger partial charge >= 0.3 is 0 Å². The summed E-state index contributed by atoms with van der Waals surface area (Å²) in [5.41, 5.74) is 2.06. The zero-order valence-electron chi connectivity index (χ0n) is 15.0. The number of rotatable bonds is 4. The SMILES string of the molecule is COc1ccc(C)cc1NC(=O)c1cc(N2CCCCC2)nc(C)n1. The van der Waals surface area contributed by atoms with Gasteiger partial charge in [0.15, 0.2) is 0 Å². The van der Waals surface area contributed by atoms with Gasteiger partial charge in [-0.1, -0.05) is 6.07 Å². The average molecular weight is 340 g/mol. The lowest BCUT2D eigenvalue weighted by molar-refractivity contribution is 0.102. The lowest BCUT2D eigenvalue weighted by Crippen LogP contribution is -2.31. The number of anilines is 2. The number of amides is 1. The van der Waals surface area contributed by atoms with E-state index in [1.165, 1.54) is 6.42 Å². The van der Waals surface area contributed by atoms with Crippen LogP contribution in [-0.2, 0) is 0 Å². The van der Waals surface area contributed by atoms with E-state index in [1.54, 1.807) is 13.2 Å². The van der Waals surface area contributed by atoms with Crippen molar-refractivity contribution in [3.8, 4) is 5.75 Å². The van der Waals surface area contributed by atoms with Crippen molar-refractivity contribution in [2.45, 2.75) is 33.1 Å². The number of carbonyl (C=O) groups excluding carboxylic acids is 1. The third-order valence-electron chi connectivity index (χ3n) is 4.34. The number of piperidine rings is 1. The molecule has 2 aromatic rings. The van der Waals surface area contributed by atoms with E-state index in [9.17, 15) is 4.79 Å². The summed E-state index contributed by atoms with van der Waals surface area (Å²) in [5.74, 6) is 1.80. The van der Waals surface area contributed by atoms with Crippen LogP contribution in [0.15, 0.2) is 24.3 Å². The van der Waals surface area contributed by atoms with Crippen LogP contribution in [0.1, 0.15) is 41.1 Å². The molecule has 1 N–H and O–H groups in total. The largest absolute Gasteiger partial charge is 0.495 e. The molecule has 0 saturated carbocycles. The molecule has 1 saturated heterocycles. The molecule has 6 heteroatoms. The van der Waals surface area contributed by atoms with E-state index in [4.69, 9.17) is 4.74 Å². The van der Waals surface area contributed by atoms with Crippen molar-refractivity contribution in [3.05, 3.63) is 41.3 Å². The highest BCUT2D eigenvalue weighted by Crippen LogP contribution is 2.26. The molecule has 1 fully saturated rings. The van der Waals surface area contributed by atoms with E-state index >= 15 is 0 Å². The summed E-state index contributed by atoms with van der Waals surface area (Å²) in [5, 5.41) is 2.90. The maximum absolute atomic E-state index is 12.7. The van der Waals surface area contributed by atoms with Crippen LogP contribution in [0.5, 0.6) is 5.75 Å². The first-order chi connectivity index (χ1) is 12.1. The number of aromatic nitrogens is 2. The topological polar surface area (TPSA) is 67.3 Å². The molecule has 3 rings (SSSR count). The number of hydrogen-bond acceptors (Lipinski definition) is 5. The zero-order valence-corrected chi connectivity index (χ0v) is 15.0. The van der Waals surface area contributed by atoms with Crippen molar-refractivity contribution in [1.82, 2.24) is 9.97 Å². The smallest absolute Gasteiger partial charge is 0.274 e. The number of methoxy groups -OCH3 is 1. The molecule has 0 atom stereocenters. The fourth-order valence-electron chi connectivity index (χ4n) is 3.06. The number of carbonyl (C=O) groups is 1. The van der Waals surface area contributed by atoms with E-state index in [0.717, 1.165) is 37.3 Å². The van der Waals surface area contributed by atoms with E-state index in [1.807, 2.05) is 32.0 Å². The summed E-state index contributed by atoms with van der Waals surface area (Å²) in [7, 11) is 1.59. The van der Waals surface area contributed by atoms with Crippen LogP contribution in [0.4, 0.5) is 11.5 Å². The van der Waals surface area contributed by atoms with Gasteiger partial charge in [-0.2, -0.15) is 0 Å². The summed E-state index contributed by atoms with van der Waals surface area (Å²) >= 11 is 0. The molecular formula is C19H24N4O2. The monoisotopic (exact) mass is 340 g/mol. The van der Waals surface area contributed by atoms with Crippen LogP contribution in [0.2, 0.25) is 0 Å². The molecule has 1 aliphatic heterocycles. The first-order valence-electron chi connectivity index (χ1n) is 8.63. The lowest BCUT2D eigenvalue weighted by atomic mass is 10.1. The summed E-state index contributed by atoms with van der Waals surface area (Å²) in [6.45, 7) is 5.74. The third-order valence-corrected chi connectivity index (χ3v) is 4.34. The van der Waals surface area contributed by atoms with Gasteiger partial charge in [0.1, 0.15) is 23.1 Å². The second-order valence-electron chi connectivity index (χ2n) is 6.36. The molecule has 0 spiro atoms. The predicted octanol–water partition coefficient (Wildman–Crippen LogP) is 3.34. The van der Waals surface area contributed by atoms with Gasteiger partial charge in [-0.25, -0.2) is 9.97 Å². The Morgan fingerprint density at radius 1 is 1.12 bits per heavy atom. The molecule has 1 aromatic carbocycles. The Balaban J connectivity index is 1.84. The second-order valence-corrected chi connectivity index (χ2v) is 6.36. The Morgan fingerprint density at radius 2 is 1.88 bits per heavy atom. The summed E-state index contributed by atoms with van der Waals surface area (Å²) in [4.78, 5) is 23.7. The van der Waals surface area contributed by atoms with Crippen LogP contribution in [0.25, 0.3) is 0 Å². The van der Waals surface area contributed by atoms with Crippen molar-refractivity contribution in [2.75, 3.05) is 30.4 Å². The number of benzene rings is 1. The summed E-state index contributed by atoms with van der Waals surface area (Å²) in [6, 6.07) is 7.44. The molecule has 25 heavy (non-hydrogen) atoms. The van der Waals surface area contributed by atoms with E-state index in [-0.39, 0.29) is 5.91 Å². The number of ether oxygens (including phenoxy) is 1. The van der Waals surface area contributed by atoms with Gasteiger partial charge in [-0.3, -0.25) is 4.79 Å². The lowest BCUT2D eigenvalue weighted by Gasteiger charge is -2.28. The van der Waals surface area contributed by atoms with Crippen LogP contribution < -0.4 is 15.0 Å². The van der Waals surface area contributed by atoms with Gasteiger partial charge in [0.25, 0.3) is 5.91 Å². The Hall–Kier alpha value is -2.63. The fourth-order valence-corrected chi connectivity index (χ4v) is 3.06. The van der Waals surface area contributed by atoms with Crippen molar-refractivity contribution >= 4 is 17.4 Å². The third kappa shape index (κ3) is 4.07. The number of nitrogens with one attached hydrogen (secondary N) is 1. The maximum Gasteiger partial charge on any atom is 0.274 e. The van der Waals surface area contributed by atoms with Gasteiger partial charge in [-0.05, 0) is 50.8 Å². The minimum atomic E-state index is -0.257. The molecule has 1 amide bonds. The van der Waals surface area contributed by atoms with E-state index < -0.39 is 0 Å². The molecule has 1 aliphatic rings. The standard InChI is InChI=1S/C19H24N4O2/c1-13-7-8-17(25-3)15(11-13)22-19(24)16-12-18(21-14(2)20-16)23-9-5-4-6-10-23/h7-8,11-12H,4-6,9-10H2,1-3H3,(H,22,24). The van der Waals surface area contributed by atoms with Gasteiger partial charge in [-0.15, -0.1) is 0 Å². The molecule has 0 radical (unpaired) electrons. The number of nitrogens with zero attached hydrogens (tertiary/aromatic N) is 3. The Bertz CT molecular complexity index is 770. The molecule has 0 aliphatic carbocycles. The van der Waals surface area contributed by atoms with Gasteiger partial charge in [0, 0.05) is 19.2 Å². The average Bonchev–Trinajstić information content (AvgIpc) is 2.62. The van der Waals surface area contributed by atoms with Gasteiger partial charge in [0.05, 0.1) is 12.8 Å².